The van der Waals surface area contributed by atoms with Crippen LogP contribution >= 0.6 is 10.7 Å². The number of halogens is 1. The topological polar surface area (TPSA) is 73.3 Å². The molecule has 1 aromatic heterocycles. The van der Waals surface area contributed by atoms with Crippen LogP contribution in [0.3, 0.4) is 0 Å². The maximum atomic E-state index is 11.1. The molecule has 0 unspecified atom stereocenters. The lowest BCUT2D eigenvalue weighted by Gasteiger charge is -2.02. The Morgan fingerprint density at radius 1 is 1.57 bits per heavy atom. The second-order valence-electron chi connectivity index (χ2n) is 2.28. The summed E-state index contributed by atoms with van der Waals surface area (Å²) < 4.78 is 26.3. The highest BCUT2D eigenvalue weighted by Crippen LogP contribution is 2.18. The third kappa shape index (κ3) is 2.21. The fraction of sp³-hybridized carbons (Fsp3) is 0.143. The van der Waals surface area contributed by atoms with Crippen molar-refractivity contribution in [3.8, 4) is 0 Å². The van der Waals surface area contributed by atoms with E-state index < -0.39 is 15.0 Å². The van der Waals surface area contributed by atoms with Crippen molar-refractivity contribution < 1.29 is 17.9 Å². The van der Waals surface area contributed by atoms with Gasteiger partial charge in [-0.3, -0.25) is 0 Å². The lowest BCUT2D eigenvalue weighted by atomic mass is 10.3. The second-order valence-corrected chi connectivity index (χ2v) is 4.81. The largest absolute Gasteiger partial charge is 0.464 e. The first-order valence-corrected chi connectivity index (χ1v) is 5.75. The average Bonchev–Trinajstić information content (AvgIpc) is 2.15. The van der Waals surface area contributed by atoms with Gasteiger partial charge >= 0.3 is 5.97 Å². The average molecular weight is 236 g/mol. The Bertz CT molecular complexity index is 457. The molecule has 0 spiro atoms. The molecular formula is C7H6ClNO4S. The summed E-state index contributed by atoms with van der Waals surface area (Å²) in [6, 6.07) is 2.54. The van der Waals surface area contributed by atoms with E-state index in [2.05, 4.69) is 9.72 Å². The van der Waals surface area contributed by atoms with E-state index in [9.17, 15) is 13.2 Å². The Kier molecular flexibility index (Phi) is 3.07. The van der Waals surface area contributed by atoms with Crippen LogP contribution in [0.4, 0.5) is 0 Å². The molecule has 0 aliphatic heterocycles. The van der Waals surface area contributed by atoms with E-state index in [1.54, 1.807) is 0 Å². The van der Waals surface area contributed by atoms with Gasteiger partial charge in [0.15, 0.2) is 5.69 Å². The van der Waals surface area contributed by atoms with Gasteiger partial charge in [0.1, 0.15) is 4.90 Å². The Morgan fingerprint density at radius 2 is 2.21 bits per heavy atom. The van der Waals surface area contributed by atoms with Gasteiger partial charge in [-0.2, -0.15) is 0 Å². The maximum Gasteiger partial charge on any atom is 0.358 e. The summed E-state index contributed by atoms with van der Waals surface area (Å²) >= 11 is 0. The predicted octanol–water partition coefficient (Wildman–Crippen LogP) is 0.796. The number of esters is 1. The first-order chi connectivity index (χ1) is 6.46. The van der Waals surface area contributed by atoms with E-state index in [0.717, 1.165) is 7.11 Å². The van der Waals surface area contributed by atoms with E-state index >= 15 is 0 Å². The van der Waals surface area contributed by atoms with E-state index in [1.807, 2.05) is 0 Å². The van der Waals surface area contributed by atoms with Crippen molar-refractivity contribution >= 4 is 25.7 Å². The van der Waals surface area contributed by atoms with Crippen molar-refractivity contribution in [2.45, 2.75) is 4.90 Å². The number of nitrogens with zero attached hydrogens (tertiary/aromatic N) is 1. The number of pyridine rings is 1. The standard InChI is InChI=1S/C7H6ClNO4S/c1-13-7(10)6-5(14(8,11)12)3-2-4-9-6/h2-4H,1H3. The van der Waals surface area contributed by atoms with E-state index in [4.69, 9.17) is 10.7 Å². The molecule has 1 heterocycles. The quantitative estimate of drug-likeness (QED) is 0.560. The Labute approximate surface area is 85.1 Å². The van der Waals surface area contributed by atoms with Crippen LogP contribution in [-0.2, 0) is 13.8 Å². The molecule has 7 heteroatoms. The minimum Gasteiger partial charge on any atom is -0.464 e. The number of carbonyl (C=O) groups excluding carboxylic acids is 1. The fourth-order valence-electron chi connectivity index (χ4n) is 0.837. The molecule has 0 atom stereocenters. The molecule has 0 fully saturated rings. The van der Waals surface area contributed by atoms with Crippen LogP contribution in [0.15, 0.2) is 23.2 Å². The summed E-state index contributed by atoms with van der Waals surface area (Å²) in [5.41, 5.74) is -0.315. The molecule has 1 rings (SSSR count). The van der Waals surface area contributed by atoms with Crippen LogP contribution in [0, 0.1) is 0 Å². The third-order valence-corrected chi connectivity index (χ3v) is 2.77. The molecule has 0 aliphatic rings. The molecule has 1 aromatic rings. The Morgan fingerprint density at radius 3 is 2.71 bits per heavy atom. The first kappa shape index (κ1) is 10.9. The van der Waals surface area contributed by atoms with E-state index in [0.29, 0.717) is 0 Å². The lowest BCUT2D eigenvalue weighted by molar-refractivity contribution is 0.0589. The van der Waals surface area contributed by atoms with Gasteiger partial charge in [0.2, 0.25) is 0 Å². The molecule has 0 radical (unpaired) electrons. The third-order valence-electron chi connectivity index (χ3n) is 1.41. The van der Waals surface area contributed by atoms with Gasteiger partial charge in [-0.1, -0.05) is 0 Å². The summed E-state index contributed by atoms with van der Waals surface area (Å²) in [7, 11) is 2.24. The molecular weight excluding hydrogens is 230 g/mol. The van der Waals surface area contributed by atoms with Gasteiger partial charge in [-0.15, -0.1) is 0 Å². The van der Waals surface area contributed by atoms with Crippen LogP contribution in [0.2, 0.25) is 0 Å². The van der Waals surface area contributed by atoms with Gasteiger partial charge in [0.05, 0.1) is 7.11 Å². The van der Waals surface area contributed by atoms with Crippen molar-refractivity contribution in [3.63, 3.8) is 0 Å². The highest BCUT2D eigenvalue weighted by Gasteiger charge is 2.21. The summed E-state index contributed by atoms with van der Waals surface area (Å²) in [6.07, 6.45) is 1.28. The number of methoxy groups -OCH3 is 1. The summed E-state index contributed by atoms with van der Waals surface area (Å²) in [5, 5.41) is 0. The monoisotopic (exact) mass is 235 g/mol. The van der Waals surface area contributed by atoms with Crippen LogP contribution < -0.4 is 0 Å². The minimum absolute atomic E-state index is 0.315. The van der Waals surface area contributed by atoms with Crippen molar-refractivity contribution in [3.05, 3.63) is 24.0 Å². The number of carbonyl (C=O) groups is 1. The molecule has 5 nitrogen and oxygen atoms in total. The zero-order valence-electron chi connectivity index (χ0n) is 7.10. The second kappa shape index (κ2) is 3.93. The molecule has 0 bridgehead atoms. The molecule has 76 valence electrons. The molecule has 0 aromatic carbocycles. The number of aromatic nitrogens is 1. The van der Waals surface area contributed by atoms with Gasteiger partial charge in [0, 0.05) is 16.9 Å². The Balaban J connectivity index is 3.38. The van der Waals surface area contributed by atoms with Crippen LogP contribution in [0.25, 0.3) is 0 Å². The fourth-order valence-corrected chi connectivity index (χ4v) is 1.82. The summed E-state index contributed by atoms with van der Waals surface area (Å²) in [6.45, 7) is 0. The highest BCUT2D eigenvalue weighted by molar-refractivity contribution is 8.13. The van der Waals surface area contributed by atoms with Crippen molar-refractivity contribution in [2.75, 3.05) is 7.11 Å². The molecule has 0 aliphatic carbocycles. The zero-order chi connectivity index (χ0) is 10.8. The van der Waals surface area contributed by atoms with Crippen LogP contribution in [-0.4, -0.2) is 26.5 Å². The number of hydrogen-bond donors (Lipinski definition) is 0. The number of ether oxygens (including phenoxy) is 1. The minimum atomic E-state index is -3.98. The van der Waals surface area contributed by atoms with Gasteiger partial charge in [0.25, 0.3) is 9.05 Å². The molecule has 0 N–H and O–H groups in total. The number of rotatable bonds is 2. The Hall–Kier alpha value is -1.14. The van der Waals surface area contributed by atoms with E-state index in [1.165, 1.54) is 18.3 Å². The van der Waals surface area contributed by atoms with E-state index in [-0.39, 0.29) is 10.6 Å². The van der Waals surface area contributed by atoms with Crippen molar-refractivity contribution in [1.82, 2.24) is 4.98 Å². The predicted molar refractivity (Wildman–Crippen MR) is 48.6 cm³/mol. The highest BCUT2D eigenvalue weighted by atomic mass is 35.7. The summed E-state index contributed by atoms with van der Waals surface area (Å²) in [4.78, 5) is 14.3. The lowest BCUT2D eigenvalue weighted by Crippen LogP contribution is -2.09. The van der Waals surface area contributed by atoms with Gasteiger partial charge in [-0.05, 0) is 12.1 Å². The van der Waals surface area contributed by atoms with Gasteiger partial charge in [-0.25, -0.2) is 18.2 Å². The maximum absolute atomic E-state index is 11.1. The number of hydrogen-bond acceptors (Lipinski definition) is 5. The van der Waals surface area contributed by atoms with Crippen LogP contribution in [0.5, 0.6) is 0 Å². The molecule has 0 saturated carbocycles. The van der Waals surface area contributed by atoms with Crippen molar-refractivity contribution in [2.24, 2.45) is 0 Å². The molecule has 0 amide bonds. The molecule has 0 saturated heterocycles. The first-order valence-electron chi connectivity index (χ1n) is 3.45. The van der Waals surface area contributed by atoms with Crippen LogP contribution in [0.1, 0.15) is 10.5 Å². The van der Waals surface area contributed by atoms with Gasteiger partial charge < -0.3 is 4.74 Å². The van der Waals surface area contributed by atoms with Crippen molar-refractivity contribution in [1.29, 1.82) is 0 Å². The summed E-state index contributed by atoms with van der Waals surface area (Å²) in [5.74, 6) is -0.843. The molecule has 14 heavy (non-hydrogen) atoms. The normalized spacial score (nSPS) is 11.0. The SMILES string of the molecule is COC(=O)c1ncccc1S(=O)(=O)Cl. The zero-order valence-corrected chi connectivity index (χ0v) is 8.67. The smallest absolute Gasteiger partial charge is 0.358 e.